The Morgan fingerprint density at radius 3 is 2.29 bits per heavy atom. The third-order valence-electron chi connectivity index (χ3n) is 5.68. The van der Waals surface area contributed by atoms with Crippen molar-refractivity contribution in [3.8, 4) is 0 Å². The number of hydrogen-bond acceptors (Lipinski definition) is 3. The first-order valence-corrected chi connectivity index (χ1v) is 10.9. The molecule has 0 spiro atoms. The zero-order valence-electron chi connectivity index (χ0n) is 16.6. The number of benzene rings is 2. The predicted octanol–water partition coefficient (Wildman–Crippen LogP) is 5.57. The van der Waals surface area contributed by atoms with Gasteiger partial charge in [0.1, 0.15) is 0 Å². The van der Waals surface area contributed by atoms with Crippen LogP contribution in [0.2, 0.25) is 0 Å². The largest absolute Gasteiger partial charge is 0.294 e. The summed E-state index contributed by atoms with van der Waals surface area (Å²) in [6, 6.07) is 18.0. The molecule has 28 heavy (non-hydrogen) atoms. The molecule has 0 fully saturated rings. The number of thioether (sulfide) groups is 1. The maximum atomic E-state index is 13.3. The van der Waals surface area contributed by atoms with Crippen LogP contribution in [0.5, 0.6) is 0 Å². The number of amides is 1. The third-order valence-corrected chi connectivity index (χ3v) is 6.42. The van der Waals surface area contributed by atoms with Crippen molar-refractivity contribution < 1.29 is 9.59 Å². The lowest BCUT2D eigenvalue weighted by Gasteiger charge is -2.43. The van der Waals surface area contributed by atoms with Gasteiger partial charge in [0.2, 0.25) is 5.91 Å². The molecule has 144 valence electrons. The van der Waals surface area contributed by atoms with Gasteiger partial charge in [-0.2, -0.15) is 0 Å². The van der Waals surface area contributed by atoms with E-state index in [9.17, 15) is 9.59 Å². The first-order valence-electron chi connectivity index (χ1n) is 9.68. The lowest BCUT2D eigenvalue weighted by molar-refractivity contribution is -0.121. The van der Waals surface area contributed by atoms with E-state index < -0.39 is 0 Å². The molecule has 0 N–H and O–H groups in total. The average Bonchev–Trinajstić information content (AvgIpc) is 2.67. The summed E-state index contributed by atoms with van der Waals surface area (Å²) < 4.78 is 0. The molecule has 1 aliphatic carbocycles. The van der Waals surface area contributed by atoms with E-state index in [1.807, 2.05) is 36.6 Å². The number of anilines is 1. The number of hydrogen-bond donors (Lipinski definition) is 0. The lowest BCUT2D eigenvalue weighted by atomic mass is 9.69. The Bertz CT molecular complexity index is 944. The Morgan fingerprint density at radius 1 is 0.964 bits per heavy atom. The van der Waals surface area contributed by atoms with Crippen LogP contribution in [0.4, 0.5) is 5.69 Å². The molecule has 2 aromatic carbocycles. The third kappa shape index (κ3) is 3.42. The van der Waals surface area contributed by atoms with Crippen LogP contribution in [0.3, 0.4) is 0 Å². The maximum Gasteiger partial charge on any atom is 0.232 e. The zero-order valence-corrected chi connectivity index (χ0v) is 17.4. The number of rotatable bonds is 3. The molecule has 1 amide bonds. The highest BCUT2D eigenvalue weighted by Gasteiger charge is 2.44. The van der Waals surface area contributed by atoms with Crippen LogP contribution in [-0.2, 0) is 9.59 Å². The summed E-state index contributed by atoms with van der Waals surface area (Å²) in [6.07, 6.45) is 3.64. The summed E-state index contributed by atoms with van der Waals surface area (Å²) in [5.41, 5.74) is 3.48. The van der Waals surface area contributed by atoms with E-state index in [4.69, 9.17) is 0 Å². The monoisotopic (exact) mass is 391 g/mol. The van der Waals surface area contributed by atoms with Crippen molar-refractivity contribution in [2.75, 3.05) is 11.2 Å². The molecule has 3 nitrogen and oxygen atoms in total. The van der Waals surface area contributed by atoms with Gasteiger partial charge in [0.05, 0.1) is 0 Å². The Hall–Kier alpha value is -2.33. The van der Waals surface area contributed by atoms with Gasteiger partial charge in [0.25, 0.3) is 0 Å². The molecule has 1 heterocycles. The Morgan fingerprint density at radius 2 is 1.64 bits per heavy atom. The van der Waals surface area contributed by atoms with Gasteiger partial charge in [0, 0.05) is 40.6 Å². The van der Waals surface area contributed by atoms with Gasteiger partial charge in [-0.25, -0.2) is 0 Å². The number of allylic oxidation sites excluding steroid dienone is 2. The van der Waals surface area contributed by atoms with Crippen LogP contribution in [0.1, 0.15) is 44.6 Å². The Balaban J connectivity index is 1.86. The van der Waals surface area contributed by atoms with Crippen molar-refractivity contribution in [3.05, 3.63) is 71.4 Å². The van der Waals surface area contributed by atoms with Crippen molar-refractivity contribution in [3.63, 3.8) is 0 Å². The predicted molar refractivity (Wildman–Crippen MR) is 115 cm³/mol. The van der Waals surface area contributed by atoms with Gasteiger partial charge in [-0.1, -0.05) is 44.2 Å². The minimum atomic E-state index is -0.151. The summed E-state index contributed by atoms with van der Waals surface area (Å²) in [7, 11) is 0. The summed E-state index contributed by atoms with van der Waals surface area (Å²) in [5.74, 6) is 0.0926. The van der Waals surface area contributed by atoms with Crippen molar-refractivity contribution in [2.24, 2.45) is 5.41 Å². The summed E-state index contributed by atoms with van der Waals surface area (Å²) in [4.78, 5) is 29.5. The minimum absolute atomic E-state index is 0.0643. The molecular formula is C24H25NO2S. The molecule has 4 heteroatoms. The molecule has 0 radical (unpaired) electrons. The second-order valence-corrected chi connectivity index (χ2v) is 9.28. The summed E-state index contributed by atoms with van der Waals surface area (Å²) in [5, 5.41) is 0. The average molecular weight is 392 g/mol. The molecule has 0 saturated heterocycles. The van der Waals surface area contributed by atoms with E-state index in [2.05, 4.69) is 38.1 Å². The van der Waals surface area contributed by atoms with E-state index in [-0.39, 0.29) is 23.0 Å². The van der Waals surface area contributed by atoms with Gasteiger partial charge < -0.3 is 0 Å². The van der Waals surface area contributed by atoms with Gasteiger partial charge in [-0.05, 0) is 47.9 Å². The molecule has 2 aromatic rings. The highest BCUT2D eigenvalue weighted by Crippen LogP contribution is 2.48. The van der Waals surface area contributed by atoms with Crippen molar-refractivity contribution in [1.82, 2.24) is 0 Å². The summed E-state index contributed by atoms with van der Waals surface area (Å²) in [6.45, 7) is 4.22. The number of para-hydroxylation sites is 1. The van der Waals surface area contributed by atoms with Crippen LogP contribution < -0.4 is 4.90 Å². The van der Waals surface area contributed by atoms with Crippen molar-refractivity contribution >= 4 is 29.1 Å². The standard InChI is InChI=1S/C24H25NO2S/c1-24(2)14-20-23(21(26)15-24)19(16-9-11-18(28-3)12-10-16)13-22(27)25(20)17-7-5-4-6-8-17/h4-12,19H,13-15H2,1-3H3. The normalized spacial score (nSPS) is 21.7. The first-order chi connectivity index (χ1) is 13.4. The highest BCUT2D eigenvalue weighted by atomic mass is 32.2. The second-order valence-electron chi connectivity index (χ2n) is 8.40. The highest BCUT2D eigenvalue weighted by molar-refractivity contribution is 7.98. The molecule has 4 rings (SSSR count). The fourth-order valence-electron chi connectivity index (χ4n) is 4.41. The number of carbonyl (C=O) groups is 2. The van der Waals surface area contributed by atoms with Gasteiger partial charge in [-0.15, -0.1) is 11.8 Å². The molecule has 1 aliphatic heterocycles. The lowest BCUT2D eigenvalue weighted by Crippen LogP contribution is -2.43. The summed E-state index contributed by atoms with van der Waals surface area (Å²) >= 11 is 1.69. The topological polar surface area (TPSA) is 37.4 Å². The van der Waals surface area contributed by atoms with E-state index in [0.29, 0.717) is 12.8 Å². The van der Waals surface area contributed by atoms with Crippen molar-refractivity contribution in [1.29, 1.82) is 0 Å². The smallest absolute Gasteiger partial charge is 0.232 e. The quantitative estimate of drug-likeness (QED) is 0.642. The molecule has 1 atom stereocenters. The number of carbonyl (C=O) groups excluding carboxylic acids is 2. The zero-order chi connectivity index (χ0) is 19.9. The molecule has 0 saturated carbocycles. The van der Waals surface area contributed by atoms with E-state index >= 15 is 0 Å². The molecule has 0 aromatic heterocycles. The molecule has 2 aliphatic rings. The number of ketones is 1. The van der Waals surface area contributed by atoms with Gasteiger partial charge >= 0.3 is 0 Å². The number of nitrogens with zero attached hydrogens (tertiary/aromatic N) is 1. The number of Topliss-reactive ketones (excluding diaryl/α,β-unsaturated/α-hetero) is 1. The van der Waals surface area contributed by atoms with Crippen LogP contribution >= 0.6 is 11.8 Å². The molecule has 1 unspecified atom stereocenters. The van der Waals surface area contributed by atoms with E-state index in [1.165, 1.54) is 4.90 Å². The second kappa shape index (κ2) is 7.25. The fraction of sp³-hybridized carbons (Fsp3) is 0.333. The first kappa shape index (κ1) is 19.0. The SMILES string of the molecule is CSc1ccc(C2CC(=O)N(c3ccccc3)C3=C2C(=O)CC(C)(C)C3)cc1. The van der Waals surface area contributed by atoms with Crippen LogP contribution in [0.15, 0.2) is 70.8 Å². The molecular weight excluding hydrogens is 366 g/mol. The Kier molecular flexibility index (Phi) is 4.92. The molecule has 0 bridgehead atoms. The van der Waals surface area contributed by atoms with Crippen LogP contribution in [-0.4, -0.2) is 17.9 Å². The van der Waals surface area contributed by atoms with Crippen molar-refractivity contribution in [2.45, 2.75) is 43.9 Å². The maximum absolute atomic E-state index is 13.3. The fourth-order valence-corrected chi connectivity index (χ4v) is 4.82. The van der Waals surface area contributed by atoms with Crippen LogP contribution in [0.25, 0.3) is 0 Å². The van der Waals surface area contributed by atoms with E-state index in [0.717, 1.165) is 28.9 Å². The van der Waals surface area contributed by atoms with Gasteiger partial charge in [-0.3, -0.25) is 14.5 Å². The van der Waals surface area contributed by atoms with Crippen LogP contribution in [0, 0.1) is 5.41 Å². The minimum Gasteiger partial charge on any atom is -0.294 e. The van der Waals surface area contributed by atoms with Gasteiger partial charge in [0.15, 0.2) is 5.78 Å². The van der Waals surface area contributed by atoms with E-state index in [1.54, 1.807) is 16.7 Å². The Labute approximate surface area is 170 Å².